The first-order valence-electron chi connectivity index (χ1n) is 8.06. The smallest absolute Gasteiger partial charge is 0.0928 e. The van der Waals surface area contributed by atoms with Crippen LogP contribution in [0.15, 0.2) is 78.9 Å². The average Bonchev–Trinajstić information content (AvgIpc) is 2.63. The largest absolute Gasteiger partial charge is 0.256 e. The molecule has 0 aliphatic heterocycles. The lowest BCUT2D eigenvalue weighted by Crippen LogP contribution is -1.97. The maximum Gasteiger partial charge on any atom is 0.0928 e. The van der Waals surface area contributed by atoms with Crippen molar-refractivity contribution in [3.8, 4) is 0 Å². The van der Waals surface area contributed by atoms with Crippen molar-refractivity contribution in [2.24, 2.45) is 0 Å². The molecule has 0 amide bonds. The molecule has 2 aromatic carbocycles. The lowest BCUT2D eigenvalue weighted by molar-refractivity contribution is 1.09. The average molecular weight is 352 g/mol. The van der Waals surface area contributed by atoms with Crippen LogP contribution in [0.1, 0.15) is 27.1 Å². The van der Waals surface area contributed by atoms with Crippen LogP contribution in [0.5, 0.6) is 0 Å². The predicted octanol–water partition coefficient (Wildman–Crippen LogP) is 6.26. The highest BCUT2D eigenvalue weighted by Gasteiger charge is 2.15. The van der Waals surface area contributed by atoms with Gasteiger partial charge in [0, 0.05) is 17.2 Å². The van der Waals surface area contributed by atoms with Gasteiger partial charge in [-0.25, -0.2) is 0 Å². The number of hydrogen-bond donors (Lipinski definition) is 0. The quantitative estimate of drug-likeness (QED) is 0.467. The van der Waals surface area contributed by atoms with Crippen molar-refractivity contribution in [1.82, 2.24) is 4.98 Å². The molecule has 0 spiro atoms. The molecule has 3 aromatic rings. The summed E-state index contributed by atoms with van der Waals surface area (Å²) in [6.45, 7) is 2.06. The number of rotatable bonds is 7. The second-order valence-corrected chi connectivity index (χ2v) is 8.11. The van der Waals surface area contributed by atoms with Gasteiger partial charge in [-0.2, -0.15) is 0 Å². The Morgan fingerprint density at radius 1 is 0.708 bits per heavy atom. The van der Waals surface area contributed by atoms with Crippen LogP contribution in [0.2, 0.25) is 0 Å². The minimum Gasteiger partial charge on any atom is -0.256 e. The molecule has 3 heteroatoms. The normalized spacial score (nSPS) is 10.9. The Balaban J connectivity index is 1.70. The summed E-state index contributed by atoms with van der Waals surface area (Å²) >= 11 is 3.91. The van der Waals surface area contributed by atoms with Gasteiger partial charge in [-0.3, -0.25) is 4.98 Å². The number of aryl methyl sites for hydroxylation is 1. The summed E-state index contributed by atoms with van der Waals surface area (Å²) in [7, 11) is 0. The van der Waals surface area contributed by atoms with Crippen LogP contribution in [0, 0.1) is 6.92 Å². The van der Waals surface area contributed by atoms with Crippen molar-refractivity contribution in [2.75, 3.05) is 0 Å². The minimum atomic E-state index is 0.338. The SMILES string of the molecule is Cc1cccc(C(SCc2ccccc2)SCc2ccccc2)n1. The molecule has 0 fully saturated rings. The van der Waals surface area contributed by atoms with Crippen LogP contribution in [0.3, 0.4) is 0 Å². The van der Waals surface area contributed by atoms with E-state index in [1.54, 1.807) is 0 Å². The molecule has 0 unspecified atom stereocenters. The number of nitrogens with zero attached hydrogens (tertiary/aromatic N) is 1. The topological polar surface area (TPSA) is 12.9 Å². The van der Waals surface area contributed by atoms with E-state index in [4.69, 9.17) is 4.98 Å². The summed E-state index contributed by atoms with van der Waals surface area (Å²) in [6, 6.07) is 27.6. The zero-order valence-electron chi connectivity index (χ0n) is 13.8. The number of thioether (sulfide) groups is 2. The van der Waals surface area contributed by atoms with E-state index < -0.39 is 0 Å². The number of pyridine rings is 1. The molecule has 0 saturated carbocycles. The van der Waals surface area contributed by atoms with E-state index >= 15 is 0 Å². The summed E-state index contributed by atoms with van der Waals surface area (Å²) in [5, 5.41) is 0. The Morgan fingerprint density at radius 2 is 1.25 bits per heavy atom. The van der Waals surface area contributed by atoms with Crippen molar-refractivity contribution >= 4 is 23.5 Å². The Bertz CT molecular complexity index is 701. The molecule has 1 heterocycles. The van der Waals surface area contributed by atoms with Crippen molar-refractivity contribution < 1.29 is 0 Å². The first-order chi connectivity index (χ1) is 11.8. The van der Waals surface area contributed by atoms with Crippen molar-refractivity contribution in [3.63, 3.8) is 0 Å². The fourth-order valence-corrected chi connectivity index (χ4v) is 4.88. The predicted molar refractivity (Wildman–Crippen MR) is 107 cm³/mol. The molecular weight excluding hydrogens is 330 g/mol. The number of benzene rings is 2. The van der Waals surface area contributed by atoms with Gasteiger partial charge in [0.05, 0.1) is 10.3 Å². The second kappa shape index (κ2) is 8.95. The van der Waals surface area contributed by atoms with Crippen molar-refractivity contribution in [2.45, 2.75) is 23.0 Å². The molecule has 1 nitrogen and oxygen atoms in total. The summed E-state index contributed by atoms with van der Waals surface area (Å²) in [5.41, 5.74) is 4.97. The maximum atomic E-state index is 4.76. The van der Waals surface area contributed by atoms with E-state index in [1.165, 1.54) is 11.1 Å². The molecule has 3 rings (SSSR count). The van der Waals surface area contributed by atoms with E-state index in [9.17, 15) is 0 Å². The van der Waals surface area contributed by atoms with E-state index in [1.807, 2.05) is 23.5 Å². The van der Waals surface area contributed by atoms with Gasteiger partial charge in [-0.15, -0.1) is 23.5 Å². The molecular formula is C21H21NS2. The van der Waals surface area contributed by atoms with Crippen molar-refractivity contribution in [3.05, 3.63) is 101 Å². The van der Waals surface area contributed by atoms with Gasteiger partial charge >= 0.3 is 0 Å². The van der Waals surface area contributed by atoms with Gasteiger partial charge in [-0.05, 0) is 30.2 Å². The molecule has 1 aromatic heterocycles. The van der Waals surface area contributed by atoms with Gasteiger partial charge in [-0.1, -0.05) is 66.7 Å². The van der Waals surface area contributed by atoms with Crippen LogP contribution >= 0.6 is 23.5 Å². The Labute approximate surface area is 152 Å². The highest BCUT2D eigenvalue weighted by atomic mass is 32.2. The Kier molecular flexibility index (Phi) is 6.39. The Hall–Kier alpha value is -1.71. The first-order valence-corrected chi connectivity index (χ1v) is 10.2. The van der Waals surface area contributed by atoms with Gasteiger partial charge in [0.15, 0.2) is 0 Å². The van der Waals surface area contributed by atoms with Gasteiger partial charge in [0.2, 0.25) is 0 Å². The van der Waals surface area contributed by atoms with Crippen LogP contribution in [0.4, 0.5) is 0 Å². The highest BCUT2D eigenvalue weighted by molar-refractivity contribution is 8.15. The van der Waals surface area contributed by atoms with E-state index in [2.05, 4.69) is 85.8 Å². The third kappa shape index (κ3) is 5.15. The number of hydrogen-bond acceptors (Lipinski definition) is 3. The molecule has 0 atom stereocenters. The zero-order valence-corrected chi connectivity index (χ0v) is 15.4. The second-order valence-electron chi connectivity index (χ2n) is 5.63. The molecule has 0 aliphatic rings. The molecule has 24 heavy (non-hydrogen) atoms. The van der Waals surface area contributed by atoms with Crippen molar-refractivity contribution in [1.29, 1.82) is 0 Å². The van der Waals surface area contributed by atoms with Crippen LogP contribution in [0.25, 0.3) is 0 Å². The summed E-state index contributed by atoms with van der Waals surface area (Å²) in [4.78, 5) is 4.76. The molecule has 0 bridgehead atoms. The third-order valence-corrected chi connectivity index (χ3v) is 6.54. The number of aromatic nitrogens is 1. The molecule has 0 aliphatic carbocycles. The molecule has 0 saturated heterocycles. The zero-order chi connectivity index (χ0) is 16.6. The van der Waals surface area contributed by atoms with Gasteiger partial charge in [0.25, 0.3) is 0 Å². The molecule has 0 radical (unpaired) electrons. The van der Waals surface area contributed by atoms with E-state index in [0.717, 1.165) is 22.9 Å². The third-order valence-electron chi connectivity index (χ3n) is 3.64. The standard InChI is InChI=1S/C21H21NS2/c1-17-9-8-14-20(22-17)21(23-15-18-10-4-2-5-11-18)24-16-19-12-6-3-7-13-19/h2-14,21H,15-16H2,1H3. The minimum absolute atomic E-state index is 0.338. The molecule has 0 N–H and O–H groups in total. The van der Waals surface area contributed by atoms with Crippen LogP contribution < -0.4 is 0 Å². The first kappa shape index (κ1) is 17.1. The van der Waals surface area contributed by atoms with Gasteiger partial charge < -0.3 is 0 Å². The van der Waals surface area contributed by atoms with Crippen LogP contribution in [-0.2, 0) is 11.5 Å². The lowest BCUT2D eigenvalue weighted by Gasteiger charge is -2.16. The van der Waals surface area contributed by atoms with Crippen LogP contribution in [-0.4, -0.2) is 4.98 Å². The summed E-state index contributed by atoms with van der Waals surface area (Å²) in [6.07, 6.45) is 0. The fourth-order valence-electron chi connectivity index (χ4n) is 2.41. The summed E-state index contributed by atoms with van der Waals surface area (Å²) in [5.74, 6) is 2.01. The van der Waals surface area contributed by atoms with Gasteiger partial charge in [0.1, 0.15) is 0 Å². The fraction of sp³-hybridized carbons (Fsp3) is 0.190. The molecule has 122 valence electrons. The van der Waals surface area contributed by atoms with E-state index in [0.29, 0.717) is 4.58 Å². The lowest BCUT2D eigenvalue weighted by atomic mass is 10.2. The maximum absolute atomic E-state index is 4.76. The monoisotopic (exact) mass is 351 g/mol. The van der Waals surface area contributed by atoms with E-state index in [-0.39, 0.29) is 0 Å². The Morgan fingerprint density at radius 3 is 1.75 bits per heavy atom. The summed E-state index contributed by atoms with van der Waals surface area (Å²) < 4.78 is 0.338. The highest BCUT2D eigenvalue weighted by Crippen LogP contribution is 2.41.